The number of ether oxygens (including phenoxy) is 1. The number of rotatable bonds is 11. The first-order valence-electron chi connectivity index (χ1n) is 10.8. The second-order valence-electron chi connectivity index (χ2n) is 7.49. The van der Waals surface area contributed by atoms with Crippen LogP contribution in [0.2, 0.25) is 0 Å². The van der Waals surface area contributed by atoms with Gasteiger partial charge in [-0.3, -0.25) is 4.79 Å². The van der Waals surface area contributed by atoms with E-state index in [0.29, 0.717) is 18.3 Å². The van der Waals surface area contributed by atoms with Crippen molar-refractivity contribution in [3.63, 3.8) is 0 Å². The van der Waals surface area contributed by atoms with Gasteiger partial charge in [-0.15, -0.1) is 24.0 Å². The van der Waals surface area contributed by atoms with Gasteiger partial charge in [0, 0.05) is 19.1 Å². The molecular formula is C24H33IN4O2. The number of carbonyl (C=O) groups is 1. The number of amides is 1. The standard InChI is InChI=1S/C24H32N4O2.HI/c1-2-25-24(26-15-7-11-19-8-4-3-5-9-19)27-17-20-10-6-12-22(16-20)30-18-23(29)28-21-13-14-21;/h3-6,8-10,12,16,21H,2,7,11,13-15,17-18H2,1H3,(H,28,29)(H2,25,26,27);1H. The smallest absolute Gasteiger partial charge is 0.258 e. The zero-order chi connectivity index (χ0) is 21.0. The Labute approximate surface area is 202 Å². The minimum Gasteiger partial charge on any atom is -0.484 e. The fourth-order valence-electron chi connectivity index (χ4n) is 3.04. The minimum atomic E-state index is -0.0601. The molecule has 0 saturated heterocycles. The Morgan fingerprint density at radius 2 is 1.84 bits per heavy atom. The van der Waals surface area contributed by atoms with E-state index >= 15 is 0 Å². The van der Waals surface area contributed by atoms with Crippen LogP contribution in [0.1, 0.15) is 37.3 Å². The van der Waals surface area contributed by atoms with E-state index in [1.807, 2.05) is 30.3 Å². The molecule has 0 radical (unpaired) electrons. The topological polar surface area (TPSA) is 74.8 Å². The van der Waals surface area contributed by atoms with Gasteiger partial charge in [-0.2, -0.15) is 0 Å². The van der Waals surface area contributed by atoms with E-state index in [2.05, 4.69) is 52.1 Å². The molecule has 0 atom stereocenters. The number of aryl methyl sites for hydroxylation is 1. The van der Waals surface area contributed by atoms with E-state index in [0.717, 1.165) is 50.3 Å². The molecule has 31 heavy (non-hydrogen) atoms. The van der Waals surface area contributed by atoms with Gasteiger partial charge in [-0.05, 0) is 55.9 Å². The molecule has 1 aliphatic rings. The number of hydrogen-bond donors (Lipinski definition) is 3. The van der Waals surface area contributed by atoms with Gasteiger partial charge in [0.25, 0.3) is 5.91 Å². The van der Waals surface area contributed by atoms with Crippen LogP contribution in [-0.4, -0.2) is 37.6 Å². The molecule has 3 N–H and O–H groups in total. The summed E-state index contributed by atoms with van der Waals surface area (Å²) in [5, 5.41) is 9.60. The van der Waals surface area contributed by atoms with E-state index in [4.69, 9.17) is 4.74 Å². The van der Waals surface area contributed by atoms with Crippen LogP contribution in [0, 0.1) is 0 Å². The van der Waals surface area contributed by atoms with Crippen LogP contribution in [0.3, 0.4) is 0 Å². The largest absolute Gasteiger partial charge is 0.484 e. The lowest BCUT2D eigenvalue weighted by molar-refractivity contribution is -0.123. The van der Waals surface area contributed by atoms with Gasteiger partial charge in [0.1, 0.15) is 5.75 Å². The molecule has 0 spiro atoms. The summed E-state index contributed by atoms with van der Waals surface area (Å²) in [5.41, 5.74) is 2.39. The molecule has 2 aromatic rings. The van der Waals surface area contributed by atoms with Gasteiger partial charge in [0.2, 0.25) is 0 Å². The quantitative estimate of drug-likeness (QED) is 0.178. The van der Waals surface area contributed by atoms with E-state index in [1.54, 1.807) is 0 Å². The first kappa shape index (κ1) is 25.0. The van der Waals surface area contributed by atoms with Crippen molar-refractivity contribution in [1.82, 2.24) is 16.0 Å². The van der Waals surface area contributed by atoms with Gasteiger partial charge in [0.05, 0.1) is 6.54 Å². The van der Waals surface area contributed by atoms with Crippen molar-refractivity contribution in [2.24, 2.45) is 4.99 Å². The first-order chi connectivity index (χ1) is 14.7. The van der Waals surface area contributed by atoms with E-state index in [1.165, 1.54) is 5.56 Å². The Kier molecular flexibility index (Phi) is 11.2. The van der Waals surface area contributed by atoms with E-state index < -0.39 is 0 Å². The van der Waals surface area contributed by atoms with Crippen LogP contribution in [0.5, 0.6) is 5.75 Å². The van der Waals surface area contributed by atoms with E-state index in [9.17, 15) is 4.79 Å². The molecule has 7 heteroatoms. The lowest BCUT2D eigenvalue weighted by Gasteiger charge is -2.12. The third-order valence-electron chi connectivity index (χ3n) is 4.75. The third kappa shape index (κ3) is 10.0. The highest BCUT2D eigenvalue weighted by Crippen LogP contribution is 2.18. The predicted octanol–water partition coefficient (Wildman–Crippen LogP) is 3.65. The average Bonchev–Trinajstić information content (AvgIpc) is 3.58. The van der Waals surface area contributed by atoms with Gasteiger partial charge in [-0.1, -0.05) is 42.5 Å². The van der Waals surface area contributed by atoms with Gasteiger partial charge < -0.3 is 20.7 Å². The van der Waals surface area contributed by atoms with Crippen molar-refractivity contribution < 1.29 is 9.53 Å². The minimum absolute atomic E-state index is 0. The zero-order valence-corrected chi connectivity index (χ0v) is 20.4. The fraction of sp³-hybridized carbons (Fsp3) is 0.417. The molecule has 0 aromatic heterocycles. The molecule has 1 saturated carbocycles. The molecule has 1 fully saturated rings. The van der Waals surface area contributed by atoms with E-state index in [-0.39, 0.29) is 36.5 Å². The summed E-state index contributed by atoms with van der Waals surface area (Å²) in [6.45, 7) is 4.32. The number of nitrogens with one attached hydrogen (secondary N) is 3. The molecule has 6 nitrogen and oxygen atoms in total. The normalized spacial score (nSPS) is 13.1. The Balaban J connectivity index is 0.00000341. The predicted molar refractivity (Wildman–Crippen MR) is 136 cm³/mol. The van der Waals surface area contributed by atoms with Crippen LogP contribution in [-0.2, 0) is 17.8 Å². The first-order valence-corrected chi connectivity index (χ1v) is 10.8. The maximum Gasteiger partial charge on any atom is 0.258 e. The number of hydrogen-bond acceptors (Lipinski definition) is 3. The molecule has 0 bridgehead atoms. The van der Waals surface area contributed by atoms with Crippen molar-refractivity contribution in [2.45, 2.75) is 45.2 Å². The molecule has 0 heterocycles. The molecule has 2 aromatic carbocycles. The summed E-state index contributed by atoms with van der Waals surface area (Å²) >= 11 is 0. The Bertz CT molecular complexity index is 825. The lowest BCUT2D eigenvalue weighted by Crippen LogP contribution is -2.37. The van der Waals surface area contributed by atoms with Crippen molar-refractivity contribution in [2.75, 3.05) is 19.7 Å². The van der Waals surface area contributed by atoms with Crippen molar-refractivity contribution in [1.29, 1.82) is 0 Å². The maximum atomic E-state index is 11.8. The molecule has 1 aliphatic carbocycles. The molecule has 3 rings (SSSR count). The summed E-state index contributed by atoms with van der Waals surface area (Å²) < 4.78 is 5.62. The Morgan fingerprint density at radius 3 is 2.58 bits per heavy atom. The summed E-state index contributed by atoms with van der Waals surface area (Å²) in [5.74, 6) is 1.44. The van der Waals surface area contributed by atoms with Gasteiger partial charge >= 0.3 is 0 Å². The van der Waals surface area contributed by atoms with Crippen molar-refractivity contribution >= 4 is 35.8 Å². The van der Waals surface area contributed by atoms with Crippen LogP contribution in [0.15, 0.2) is 59.6 Å². The molecule has 0 aliphatic heterocycles. The third-order valence-corrected chi connectivity index (χ3v) is 4.75. The SMILES string of the molecule is CCNC(=NCc1cccc(OCC(=O)NC2CC2)c1)NCCCc1ccccc1.I. The monoisotopic (exact) mass is 536 g/mol. The number of halogens is 1. The average molecular weight is 536 g/mol. The number of carbonyl (C=O) groups excluding carboxylic acids is 1. The van der Waals surface area contributed by atoms with Crippen LogP contribution in [0.4, 0.5) is 0 Å². The summed E-state index contributed by atoms with van der Waals surface area (Å²) in [7, 11) is 0. The number of nitrogens with zero attached hydrogens (tertiary/aromatic N) is 1. The number of benzene rings is 2. The van der Waals surface area contributed by atoms with Crippen molar-refractivity contribution in [3.8, 4) is 5.75 Å². The highest BCUT2D eigenvalue weighted by atomic mass is 127. The summed E-state index contributed by atoms with van der Waals surface area (Å²) in [4.78, 5) is 16.5. The van der Waals surface area contributed by atoms with Crippen LogP contribution in [0.25, 0.3) is 0 Å². The maximum absolute atomic E-state index is 11.8. The molecular weight excluding hydrogens is 503 g/mol. The second-order valence-corrected chi connectivity index (χ2v) is 7.49. The summed E-state index contributed by atoms with van der Waals surface area (Å²) in [6.07, 6.45) is 4.24. The Hall–Kier alpha value is -2.29. The summed E-state index contributed by atoms with van der Waals surface area (Å²) in [6, 6.07) is 18.6. The highest BCUT2D eigenvalue weighted by Gasteiger charge is 2.23. The number of aliphatic imine (C=N–C) groups is 1. The molecule has 168 valence electrons. The highest BCUT2D eigenvalue weighted by molar-refractivity contribution is 14.0. The molecule has 0 unspecified atom stereocenters. The zero-order valence-electron chi connectivity index (χ0n) is 18.1. The fourth-order valence-corrected chi connectivity index (χ4v) is 3.04. The van der Waals surface area contributed by atoms with Crippen LogP contribution >= 0.6 is 24.0 Å². The van der Waals surface area contributed by atoms with Crippen molar-refractivity contribution in [3.05, 3.63) is 65.7 Å². The van der Waals surface area contributed by atoms with Crippen LogP contribution < -0.4 is 20.7 Å². The van der Waals surface area contributed by atoms with Gasteiger partial charge in [0.15, 0.2) is 12.6 Å². The number of guanidine groups is 1. The Morgan fingerprint density at radius 1 is 1.06 bits per heavy atom. The molecule has 1 amide bonds. The van der Waals surface area contributed by atoms with Gasteiger partial charge in [-0.25, -0.2) is 4.99 Å². The second kappa shape index (κ2) is 13.9. The lowest BCUT2D eigenvalue weighted by atomic mass is 10.1.